The number of nitrogens with one attached hydrogen (secondary N) is 1. The van der Waals surface area contributed by atoms with Gasteiger partial charge in [0.2, 0.25) is 0 Å². The molecule has 2 nitrogen and oxygen atoms in total. The normalized spacial score (nSPS) is 12.8. The highest BCUT2D eigenvalue weighted by Crippen LogP contribution is 2.19. The van der Waals surface area contributed by atoms with E-state index in [1.807, 2.05) is 5.51 Å². The number of nitrogens with zero attached hydrogens (tertiary/aromatic N) is 1. The molecule has 0 aliphatic carbocycles. The summed E-state index contributed by atoms with van der Waals surface area (Å²) in [5.41, 5.74) is 4.49. The number of aryl methyl sites for hydroxylation is 1. The van der Waals surface area contributed by atoms with Crippen LogP contribution in [0.5, 0.6) is 0 Å². The average Bonchev–Trinajstić information content (AvgIpc) is 2.58. The quantitative estimate of drug-likeness (QED) is 0.849. The van der Waals surface area contributed by atoms with Crippen molar-refractivity contribution >= 4 is 17.4 Å². The van der Waals surface area contributed by atoms with Gasteiger partial charge in [-0.2, -0.15) is 0 Å². The Kier molecular flexibility index (Phi) is 5.16. The molecule has 0 bridgehead atoms. The first-order chi connectivity index (χ1) is 7.50. The van der Waals surface area contributed by atoms with Gasteiger partial charge in [-0.05, 0) is 18.9 Å². The van der Waals surface area contributed by atoms with Crippen LogP contribution in [0.4, 0.5) is 0 Å². The molecule has 0 radical (unpaired) electrons. The molecule has 90 valence electrons. The Morgan fingerprint density at radius 3 is 2.56 bits per heavy atom. The minimum Gasteiger partial charge on any atom is -0.311 e. The highest BCUT2D eigenvalue weighted by atomic mass is 32.1. The summed E-state index contributed by atoms with van der Waals surface area (Å²) in [7, 11) is 0. The Hall–Kier alpha value is -0.670. The predicted octanol–water partition coefficient (Wildman–Crippen LogP) is 3.49. The Morgan fingerprint density at radius 2 is 2.12 bits per heavy atom. The number of rotatable bonds is 5. The van der Waals surface area contributed by atoms with E-state index in [2.05, 4.69) is 51.0 Å². The molecular weight excluding hydrogens is 216 g/mol. The van der Waals surface area contributed by atoms with Crippen molar-refractivity contribution in [1.82, 2.24) is 10.3 Å². The van der Waals surface area contributed by atoms with Crippen molar-refractivity contribution in [2.24, 2.45) is 5.92 Å². The smallest absolute Gasteiger partial charge is 0.0801 e. The van der Waals surface area contributed by atoms with Crippen molar-refractivity contribution in [3.8, 4) is 0 Å². The van der Waals surface area contributed by atoms with E-state index in [0.717, 1.165) is 12.2 Å². The van der Waals surface area contributed by atoms with Gasteiger partial charge in [0, 0.05) is 17.5 Å². The summed E-state index contributed by atoms with van der Waals surface area (Å²) >= 11 is 1.71. The van der Waals surface area contributed by atoms with Crippen molar-refractivity contribution in [2.75, 3.05) is 6.54 Å². The summed E-state index contributed by atoms with van der Waals surface area (Å²) < 4.78 is 0. The Morgan fingerprint density at radius 1 is 1.44 bits per heavy atom. The first kappa shape index (κ1) is 13.4. The van der Waals surface area contributed by atoms with Crippen LogP contribution in [-0.4, -0.2) is 17.6 Å². The van der Waals surface area contributed by atoms with Crippen LogP contribution in [0.1, 0.15) is 38.3 Å². The number of thiazole rings is 1. The second-order valence-electron chi connectivity index (χ2n) is 4.71. The Bertz CT molecular complexity index is 351. The standard InChI is InChI=1S/C13H22N2S/c1-9(2)12(7-14-10(3)4)6-13-11(5)15-8-16-13/h6,8-10,14H,7H2,1-5H3. The Labute approximate surface area is 103 Å². The summed E-state index contributed by atoms with van der Waals surface area (Å²) in [6, 6.07) is 0.532. The van der Waals surface area contributed by atoms with Crippen LogP contribution < -0.4 is 5.32 Å². The minimum absolute atomic E-state index is 0.532. The second kappa shape index (κ2) is 6.16. The van der Waals surface area contributed by atoms with Crippen molar-refractivity contribution in [1.29, 1.82) is 0 Å². The predicted molar refractivity (Wildman–Crippen MR) is 72.8 cm³/mol. The van der Waals surface area contributed by atoms with Gasteiger partial charge < -0.3 is 5.32 Å². The molecule has 0 amide bonds. The van der Waals surface area contributed by atoms with E-state index >= 15 is 0 Å². The lowest BCUT2D eigenvalue weighted by molar-refractivity contribution is 0.593. The van der Waals surface area contributed by atoms with E-state index in [4.69, 9.17) is 0 Å². The van der Waals surface area contributed by atoms with Gasteiger partial charge in [0.1, 0.15) is 0 Å². The van der Waals surface area contributed by atoms with Crippen LogP contribution in [-0.2, 0) is 0 Å². The molecule has 1 N–H and O–H groups in total. The van der Waals surface area contributed by atoms with Gasteiger partial charge in [-0.1, -0.05) is 33.3 Å². The van der Waals surface area contributed by atoms with E-state index in [-0.39, 0.29) is 0 Å². The molecule has 0 unspecified atom stereocenters. The van der Waals surface area contributed by atoms with E-state index in [0.29, 0.717) is 12.0 Å². The summed E-state index contributed by atoms with van der Waals surface area (Å²) in [4.78, 5) is 5.56. The van der Waals surface area contributed by atoms with Crippen LogP contribution in [0.3, 0.4) is 0 Å². The molecular formula is C13H22N2S. The maximum Gasteiger partial charge on any atom is 0.0801 e. The molecule has 16 heavy (non-hydrogen) atoms. The highest BCUT2D eigenvalue weighted by Gasteiger charge is 2.06. The lowest BCUT2D eigenvalue weighted by Gasteiger charge is -2.14. The molecule has 0 aliphatic heterocycles. The number of hydrogen-bond donors (Lipinski definition) is 1. The molecule has 1 heterocycles. The van der Waals surface area contributed by atoms with E-state index < -0.39 is 0 Å². The van der Waals surface area contributed by atoms with E-state index in [1.54, 1.807) is 11.3 Å². The fourth-order valence-corrected chi connectivity index (χ4v) is 2.13. The van der Waals surface area contributed by atoms with Crippen molar-refractivity contribution in [3.05, 3.63) is 21.7 Å². The van der Waals surface area contributed by atoms with Gasteiger partial charge in [0.15, 0.2) is 0 Å². The zero-order chi connectivity index (χ0) is 12.1. The van der Waals surface area contributed by atoms with E-state index in [9.17, 15) is 0 Å². The minimum atomic E-state index is 0.532. The third kappa shape index (κ3) is 4.06. The highest BCUT2D eigenvalue weighted by molar-refractivity contribution is 7.10. The monoisotopic (exact) mass is 238 g/mol. The van der Waals surface area contributed by atoms with Crippen LogP contribution in [0.2, 0.25) is 0 Å². The zero-order valence-electron chi connectivity index (χ0n) is 10.9. The lowest BCUT2D eigenvalue weighted by atomic mass is 10.0. The van der Waals surface area contributed by atoms with Gasteiger partial charge in [-0.25, -0.2) is 4.98 Å². The zero-order valence-corrected chi connectivity index (χ0v) is 11.7. The summed E-state index contributed by atoms with van der Waals surface area (Å²) in [6.45, 7) is 11.9. The molecule has 0 spiro atoms. The largest absolute Gasteiger partial charge is 0.311 e. The number of hydrogen-bond acceptors (Lipinski definition) is 3. The fraction of sp³-hybridized carbons (Fsp3) is 0.615. The first-order valence-electron chi connectivity index (χ1n) is 5.84. The lowest BCUT2D eigenvalue weighted by Crippen LogP contribution is -2.26. The molecule has 0 aromatic carbocycles. The van der Waals surface area contributed by atoms with Crippen molar-refractivity contribution in [2.45, 2.75) is 40.7 Å². The molecule has 3 heteroatoms. The number of aromatic nitrogens is 1. The summed E-state index contributed by atoms with van der Waals surface area (Å²) in [6.07, 6.45) is 2.28. The first-order valence-corrected chi connectivity index (χ1v) is 6.72. The fourth-order valence-electron chi connectivity index (χ4n) is 1.36. The molecule has 1 aromatic heterocycles. The molecule has 1 rings (SSSR count). The van der Waals surface area contributed by atoms with Gasteiger partial charge in [0.05, 0.1) is 11.2 Å². The molecule has 1 aromatic rings. The van der Waals surface area contributed by atoms with Crippen LogP contribution in [0.15, 0.2) is 11.1 Å². The molecule has 0 saturated heterocycles. The topological polar surface area (TPSA) is 24.9 Å². The average molecular weight is 238 g/mol. The molecule has 0 fully saturated rings. The van der Waals surface area contributed by atoms with Crippen LogP contribution >= 0.6 is 11.3 Å². The Balaban J connectivity index is 2.77. The van der Waals surface area contributed by atoms with Gasteiger partial charge in [-0.15, -0.1) is 11.3 Å². The third-order valence-electron chi connectivity index (χ3n) is 2.56. The van der Waals surface area contributed by atoms with Crippen molar-refractivity contribution < 1.29 is 0 Å². The van der Waals surface area contributed by atoms with Crippen LogP contribution in [0.25, 0.3) is 6.08 Å². The second-order valence-corrected chi connectivity index (χ2v) is 5.60. The third-order valence-corrected chi connectivity index (χ3v) is 3.43. The van der Waals surface area contributed by atoms with Crippen LogP contribution in [0, 0.1) is 12.8 Å². The van der Waals surface area contributed by atoms with Gasteiger partial charge >= 0.3 is 0 Å². The SMILES string of the molecule is Cc1ncsc1C=C(CNC(C)C)C(C)C. The summed E-state index contributed by atoms with van der Waals surface area (Å²) in [5.74, 6) is 0.577. The molecule has 0 saturated carbocycles. The summed E-state index contributed by atoms with van der Waals surface area (Å²) in [5, 5.41) is 3.47. The molecule has 0 atom stereocenters. The van der Waals surface area contributed by atoms with Gasteiger partial charge in [-0.3, -0.25) is 0 Å². The van der Waals surface area contributed by atoms with Gasteiger partial charge in [0.25, 0.3) is 0 Å². The maximum absolute atomic E-state index is 4.28. The molecule has 0 aliphatic rings. The maximum atomic E-state index is 4.28. The van der Waals surface area contributed by atoms with Crippen molar-refractivity contribution in [3.63, 3.8) is 0 Å². The van der Waals surface area contributed by atoms with E-state index in [1.165, 1.54) is 10.5 Å².